The van der Waals surface area contributed by atoms with E-state index in [0.29, 0.717) is 34.9 Å². The minimum Gasteiger partial charge on any atom is -0.493 e. The molecule has 0 aliphatic carbocycles. The molecule has 0 aromatic heterocycles. The molecule has 0 spiro atoms. The Labute approximate surface area is 175 Å². The first-order valence-electron chi connectivity index (χ1n) is 9.44. The van der Waals surface area contributed by atoms with Crippen molar-refractivity contribution >= 4 is 12.0 Å². The highest BCUT2D eigenvalue weighted by molar-refractivity contribution is 5.95. The first kappa shape index (κ1) is 21.0. The standard InChI is InChI=1S/C23H24N2O5/c1-4-12-29-18-11-10-17(13-19(18)28-3)21-20(15(2)24-23(27)25-21)22(26)30-14-16-8-6-5-7-9-16/h4-11,13,21H,1,12,14H2,2-3H3,(H2,24,25,27)/t21-/m0/s1. The second-order valence-corrected chi connectivity index (χ2v) is 6.64. The van der Waals surface area contributed by atoms with Crippen LogP contribution in [0.3, 0.4) is 0 Å². The third-order valence-electron chi connectivity index (χ3n) is 4.58. The monoisotopic (exact) mass is 408 g/mol. The second-order valence-electron chi connectivity index (χ2n) is 6.64. The minimum atomic E-state index is -0.690. The number of urea groups is 1. The summed E-state index contributed by atoms with van der Waals surface area (Å²) in [6.45, 7) is 5.76. The summed E-state index contributed by atoms with van der Waals surface area (Å²) in [5.74, 6) is 0.506. The molecule has 156 valence electrons. The number of allylic oxidation sites excluding steroid dienone is 1. The van der Waals surface area contributed by atoms with Crippen molar-refractivity contribution in [1.82, 2.24) is 10.6 Å². The van der Waals surface area contributed by atoms with Gasteiger partial charge in [-0.15, -0.1) is 0 Å². The summed E-state index contributed by atoms with van der Waals surface area (Å²) >= 11 is 0. The average molecular weight is 408 g/mol. The molecule has 1 aliphatic rings. The zero-order chi connectivity index (χ0) is 21.5. The average Bonchev–Trinajstić information content (AvgIpc) is 2.76. The number of esters is 1. The van der Waals surface area contributed by atoms with Crippen LogP contribution in [0.1, 0.15) is 24.1 Å². The summed E-state index contributed by atoms with van der Waals surface area (Å²) in [7, 11) is 1.52. The summed E-state index contributed by atoms with van der Waals surface area (Å²) < 4.78 is 16.5. The first-order valence-corrected chi connectivity index (χ1v) is 9.44. The number of carbonyl (C=O) groups is 2. The largest absolute Gasteiger partial charge is 0.493 e. The van der Waals surface area contributed by atoms with Gasteiger partial charge in [0.25, 0.3) is 0 Å². The van der Waals surface area contributed by atoms with Gasteiger partial charge < -0.3 is 24.8 Å². The van der Waals surface area contributed by atoms with Crippen molar-refractivity contribution < 1.29 is 23.8 Å². The Morgan fingerprint density at radius 1 is 1.17 bits per heavy atom. The Balaban J connectivity index is 1.87. The number of rotatable bonds is 8. The summed E-state index contributed by atoms with van der Waals surface area (Å²) in [4.78, 5) is 25.0. The van der Waals surface area contributed by atoms with Gasteiger partial charge in [0.1, 0.15) is 13.2 Å². The predicted molar refractivity (Wildman–Crippen MR) is 112 cm³/mol. The van der Waals surface area contributed by atoms with Crippen LogP contribution < -0.4 is 20.1 Å². The van der Waals surface area contributed by atoms with E-state index in [1.807, 2.05) is 30.3 Å². The summed E-state index contributed by atoms with van der Waals surface area (Å²) in [5, 5.41) is 5.42. The fourth-order valence-corrected chi connectivity index (χ4v) is 3.15. The summed E-state index contributed by atoms with van der Waals surface area (Å²) in [6.07, 6.45) is 1.63. The SMILES string of the molecule is C=CCOc1ccc([C@@H]2NC(=O)NC(C)=C2C(=O)OCc2ccccc2)cc1OC. The lowest BCUT2D eigenvalue weighted by Gasteiger charge is -2.28. The molecule has 1 aliphatic heterocycles. The van der Waals surface area contributed by atoms with E-state index in [9.17, 15) is 9.59 Å². The van der Waals surface area contributed by atoms with Crippen LogP contribution in [0.15, 0.2) is 72.5 Å². The van der Waals surface area contributed by atoms with Crippen LogP contribution in [0, 0.1) is 0 Å². The van der Waals surface area contributed by atoms with Crippen LogP contribution in [-0.2, 0) is 16.1 Å². The molecule has 3 rings (SSSR count). The Bertz CT molecular complexity index is 969. The summed E-state index contributed by atoms with van der Waals surface area (Å²) in [5.41, 5.74) is 2.30. The number of methoxy groups -OCH3 is 1. The van der Waals surface area contributed by atoms with Gasteiger partial charge in [-0.2, -0.15) is 0 Å². The minimum absolute atomic E-state index is 0.134. The van der Waals surface area contributed by atoms with Crippen molar-refractivity contribution in [2.45, 2.75) is 19.6 Å². The van der Waals surface area contributed by atoms with Gasteiger partial charge in [0.15, 0.2) is 11.5 Å². The zero-order valence-electron chi connectivity index (χ0n) is 16.9. The molecule has 30 heavy (non-hydrogen) atoms. The Morgan fingerprint density at radius 3 is 2.63 bits per heavy atom. The third-order valence-corrected chi connectivity index (χ3v) is 4.58. The van der Waals surface area contributed by atoms with Gasteiger partial charge in [0.2, 0.25) is 0 Å². The van der Waals surface area contributed by atoms with Crippen molar-refractivity contribution in [1.29, 1.82) is 0 Å². The van der Waals surface area contributed by atoms with Crippen molar-refractivity contribution in [2.24, 2.45) is 0 Å². The first-order chi connectivity index (χ1) is 14.5. The lowest BCUT2D eigenvalue weighted by Crippen LogP contribution is -2.45. The van der Waals surface area contributed by atoms with Crippen molar-refractivity contribution in [3.8, 4) is 11.5 Å². The van der Waals surface area contributed by atoms with Crippen LogP contribution in [0.25, 0.3) is 0 Å². The molecule has 1 atom stereocenters. The maximum absolute atomic E-state index is 12.9. The quantitative estimate of drug-likeness (QED) is 0.515. The van der Waals surface area contributed by atoms with E-state index < -0.39 is 18.0 Å². The second kappa shape index (κ2) is 9.65. The molecule has 0 bridgehead atoms. The van der Waals surface area contributed by atoms with Crippen molar-refractivity contribution in [3.05, 3.63) is 83.6 Å². The molecule has 2 aromatic rings. The van der Waals surface area contributed by atoms with Crippen LogP contribution in [-0.4, -0.2) is 25.7 Å². The predicted octanol–water partition coefficient (Wildman–Crippen LogP) is 3.63. The highest BCUT2D eigenvalue weighted by Crippen LogP contribution is 2.34. The molecule has 0 unspecified atom stereocenters. The van der Waals surface area contributed by atoms with Gasteiger partial charge in [-0.05, 0) is 30.2 Å². The lowest BCUT2D eigenvalue weighted by atomic mass is 9.95. The van der Waals surface area contributed by atoms with E-state index in [-0.39, 0.29) is 6.61 Å². The van der Waals surface area contributed by atoms with E-state index in [2.05, 4.69) is 17.2 Å². The molecular weight excluding hydrogens is 384 g/mol. The van der Waals surface area contributed by atoms with E-state index in [0.717, 1.165) is 5.56 Å². The van der Waals surface area contributed by atoms with Gasteiger partial charge in [-0.1, -0.05) is 49.1 Å². The van der Waals surface area contributed by atoms with Crippen LogP contribution in [0.2, 0.25) is 0 Å². The maximum atomic E-state index is 12.9. The Morgan fingerprint density at radius 2 is 1.93 bits per heavy atom. The number of carbonyl (C=O) groups excluding carboxylic acids is 2. The molecule has 7 nitrogen and oxygen atoms in total. The third kappa shape index (κ3) is 4.81. The smallest absolute Gasteiger partial charge is 0.338 e. The molecule has 0 fully saturated rings. The molecule has 2 N–H and O–H groups in total. The molecule has 2 aromatic carbocycles. The topological polar surface area (TPSA) is 85.9 Å². The van der Waals surface area contributed by atoms with E-state index in [1.165, 1.54) is 7.11 Å². The molecule has 2 amide bonds. The molecular formula is C23H24N2O5. The van der Waals surface area contributed by atoms with Gasteiger partial charge in [0.05, 0.1) is 18.7 Å². The highest BCUT2D eigenvalue weighted by Gasteiger charge is 2.32. The fourth-order valence-electron chi connectivity index (χ4n) is 3.15. The Hall–Kier alpha value is -3.74. The maximum Gasteiger partial charge on any atom is 0.338 e. The van der Waals surface area contributed by atoms with Crippen molar-refractivity contribution in [2.75, 3.05) is 13.7 Å². The van der Waals surface area contributed by atoms with Crippen LogP contribution in [0.4, 0.5) is 4.79 Å². The number of ether oxygens (including phenoxy) is 3. The van der Waals surface area contributed by atoms with E-state index in [4.69, 9.17) is 14.2 Å². The zero-order valence-corrected chi connectivity index (χ0v) is 16.9. The molecule has 0 saturated carbocycles. The van der Waals surface area contributed by atoms with Gasteiger partial charge in [-0.25, -0.2) is 9.59 Å². The number of nitrogens with one attached hydrogen (secondary N) is 2. The van der Waals surface area contributed by atoms with Gasteiger partial charge in [0, 0.05) is 5.70 Å². The molecule has 1 heterocycles. The Kier molecular flexibility index (Phi) is 6.75. The lowest BCUT2D eigenvalue weighted by molar-refractivity contribution is -0.140. The van der Waals surface area contributed by atoms with Gasteiger partial charge >= 0.3 is 12.0 Å². The highest BCUT2D eigenvalue weighted by atomic mass is 16.5. The van der Waals surface area contributed by atoms with Gasteiger partial charge in [-0.3, -0.25) is 0 Å². The fraction of sp³-hybridized carbons (Fsp3) is 0.217. The number of hydrogen-bond acceptors (Lipinski definition) is 5. The summed E-state index contributed by atoms with van der Waals surface area (Å²) in [6, 6.07) is 13.5. The molecule has 0 saturated heterocycles. The normalized spacial score (nSPS) is 15.7. The number of benzene rings is 2. The number of amides is 2. The van der Waals surface area contributed by atoms with Crippen molar-refractivity contribution in [3.63, 3.8) is 0 Å². The van der Waals surface area contributed by atoms with E-state index in [1.54, 1.807) is 31.2 Å². The molecule has 7 heteroatoms. The van der Waals surface area contributed by atoms with Crippen LogP contribution in [0.5, 0.6) is 11.5 Å². The molecule has 0 radical (unpaired) electrons. The van der Waals surface area contributed by atoms with E-state index >= 15 is 0 Å². The number of hydrogen-bond donors (Lipinski definition) is 2. The van der Waals surface area contributed by atoms with Crippen LogP contribution >= 0.6 is 0 Å².